The van der Waals surface area contributed by atoms with Crippen molar-refractivity contribution in [3.63, 3.8) is 0 Å². The highest BCUT2D eigenvalue weighted by Gasteiger charge is 2.41. The Labute approximate surface area is 247 Å². The molecule has 0 unspecified atom stereocenters. The largest absolute Gasteiger partial charge is 0.478 e. The molecule has 2 aromatic heterocycles. The van der Waals surface area contributed by atoms with Gasteiger partial charge < -0.3 is 18.8 Å². The van der Waals surface area contributed by atoms with Crippen LogP contribution in [0.3, 0.4) is 0 Å². The standard InChI is InChI=1S/C17H13NO5.C15H8O6/c1-8(19)15-12(17(22)18(2)3)11-13(20)9-6-4-5-7-10(9)14(21)16(11)23-15;1-6(16)13-10(15(19)20)9-11(17)7-4-2-3-5-8(7)12(18)14(9)21-13/h4-7H,1-3H3;2-5H,1H3,(H,19,20). The molecule has 12 heteroatoms. The van der Waals surface area contributed by atoms with E-state index in [2.05, 4.69) is 0 Å². The number of hydrogen-bond donors (Lipinski definition) is 1. The van der Waals surface area contributed by atoms with Gasteiger partial charge in [-0.2, -0.15) is 0 Å². The van der Waals surface area contributed by atoms with Gasteiger partial charge in [0.15, 0.2) is 46.2 Å². The first-order valence-corrected chi connectivity index (χ1v) is 12.9. The second-order valence-corrected chi connectivity index (χ2v) is 10.0. The average Bonchev–Trinajstić information content (AvgIpc) is 3.60. The molecule has 0 saturated carbocycles. The maximum atomic E-state index is 12.7. The molecule has 0 atom stereocenters. The Hall–Kier alpha value is -6.04. The Morgan fingerprint density at radius 2 is 0.932 bits per heavy atom. The molecule has 0 spiro atoms. The van der Waals surface area contributed by atoms with Gasteiger partial charge in [0.05, 0.1) is 11.1 Å². The van der Waals surface area contributed by atoms with E-state index in [1.807, 2.05) is 0 Å². The predicted octanol–water partition coefficient (Wildman–Crippen LogP) is 3.92. The highest BCUT2D eigenvalue weighted by molar-refractivity contribution is 6.32. The monoisotopic (exact) mass is 595 g/mol. The zero-order valence-electron chi connectivity index (χ0n) is 23.6. The molecule has 220 valence electrons. The Balaban J connectivity index is 0.000000175. The van der Waals surface area contributed by atoms with E-state index >= 15 is 0 Å². The minimum absolute atomic E-state index is 0.105. The third kappa shape index (κ3) is 4.40. The minimum Gasteiger partial charge on any atom is -0.478 e. The van der Waals surface area contributed by atoms with E-state index in [4.69, 9.17) is 8.83 Å². The van der Waals surface area contributed by atoms with E-state index in [-0.39, 0.29) is 56.2 Å². The van der Waals surface area contributed by atoms with Crippen molar-refractivity contribution in [2.75, 3.05) is 14.1 Å². The molecule has 2 aliphatic rings. The van der Waals surface area contributed by atoms with Gasteiger partial charge in [-0.05, 0) is 0 Å². The molecule has 2 aromatic carbocycles. The van der Waals surface area contributed by atoms with Crippen molar-refractivity contribution in [3.8, 4) is 0 Å². The Morgan fingerprint density at radius 3 is 1.27 bits per heavy atom. The lowest BCUT2D eigenvalue weighted by Crippen LogP contribution is -2.27. The molecule has 2 heterocycles. The average molecular weight is 596 g/mol. The molecule has 44 heavy (non-hydrogen) atoms. The van der Waals surface area contributed by atoms with E-state index < -0.39 is 57.9 Å². The van der Waals surface area contributed by atoms with E-state index in [1.54, 1.807) is 24.3 Å². The van der Waals surface area contributed by atoms with Crippen molar-refractivity contribution >= 4 is 46.6 Å². The Morgan fingerprint density at radius 1 is 0.591 bits per heavy atom. The van der Waals surface area contributed by atoms with E-state index in [9.17, 15) is 43.5 Å². The summed E-state index contributed by atoms with van der Waals surface area (Å²) >= 11 is 0. The van der Waals surface area contributed by atoms with Crippen LogP contribution in [0.25, 0.3) is 0 Å². The fourth-order valence-electron chi connectivity index (χ4n) is 5.02. The maximum absolute atomic E-state index is 12.7. The predicted molar refractivity (Wildman–Crippen MR) is 149 cm³/mol. The van der Waals surface area contributed by atoms with Crippen molar-refractivity contribution in [1.29, 1.82) is 0 Å². The molecule has 0 aliphatic heterocycles. The number of hydrogen-bond acceptors (Lipinski definition) is 10. The fourth-order valence-corrected chi connectivity index (χ4v) is 5.02. The molecule has 4 aromatic rings. The number of Topliss-reactive ketones (excluding diaryl/α,β-unsaturated/α-hetero) is 2. The molecule has 6 rings (SSSR count). The summed E-state index contributed by atoms with van der Waals surface area (Å²) in [5, 5.41) is 9.24. The lowest BCUT2D eigenvalue weighted by atomic mass is 9.86. The summed E-state index contributed by atoms with van der Waals surface area (Å²) < 4.78 is 10.4. The second kappa shape index (κ2) is 10.7. The quantitative estimate of drug-likeness (QED) is 0.291. The van der Waals surface area contributed by atoms with E-state index in [0.717, 1.165) is 6.92 Å². The SMILES string of the molecule is CC(=O)c1oc2c(c1C(=O)N(C)C)C(=O)c1ccccc1C2=O.CC(=O)c1oc2c(c1C(=O)O)C(=O)c1ccccc1C2=O. The first-order valence-electron chi connectivity index (χ1n) is 12.9. The molecule has 12 nitrogen and oxygen atoms in total. The number of amides is 1. The van der Waals surface area contributed by atoms with Crippen LogP contribution in [-0.2, 0) is 0 Å². The van der Waals surface area contributed by atoms with Crippen LogP contribution < -0.4 is 0 Å². The summed E-state index contributed by atoms with van der Waals surface area (Å²) in [5.41, 5.74) is -0.527. The molecule has 1 amide bonds. The van der Waals surface area contributed by atoms with Crippen LogP contribution in [0.5, 0.6) is 0 Å². The number of benzene rings is 2. The summed E-state index contributed by atoms with van der Waals surface area (Å²) in [6.45, 7) is 2.33. The Kier molecular flexibility index (Phi) is 7.14. The number of aromatic carboxylic acids is 1. The summed E-state index contributed by atoms with van der Waals surface area (Å²) in [6, 6.07) is 12.3. The van der Waals surface area contributed by atoms with Gasteiger partial charge in [0, 0.05) is 50.2 Å². The van der Waals surface area contributed by atoms with Crippen LogP contribution in [0.1, 0.15) is 120 Å². The summed E-state index contributed by atoms with van der Waals surface area (Å²) in [6.07, 6.45) is 0. The number of carbonyl (C=O) groups is 8. The van der Waals surface area contributed by atoms with E-state index in [1.165, 1.54) is 50.2 Å². The smallest absolute Gasteiger partial charge is 0.340 e. The number of fused-ring (bicyclic) bond motifs is 4. The number of rotatable bonds is 4. The van der Waals surface area contributed by atoms with Crippen LogP contribution in [0.4, 0.5) is 0 Å². The first kappa shape index (κ1) is 29.5. The van der Waals surface area contributed by atoms with E-state index in [0.29, 0.717) is 0 Å². The van der Waals surface area contributed by atoms with Crippen LogP contribution in [0.15, 0.2) is 57.4 Å². The molecule has 0 bridgehead atoms. The molecular formula is C32H21NO11. The van der Waals surface area contributed by atoms with Crippen molar-refractivity contribution in [3.05, 3.63) is 116 Å². The van der Waals surface area contributed by atoms with Gasteiger partial charge in [-0.15, -0.1) is 0 Å². The number of carboxylic acids is 1. The van der Waals surface area contributed by atoms with Crippen LogP contribution in [0.2, 0.25) is 0 Å². The van der Waals surface area contributed by atoms with Crippen molar-refractivity contribution in [2.24, 2.45) is 0 Å². The minimum atomic E-state index is -1.48. The lowest BCUT2D eigenvalue weighted by Gasteiger charge is -2.15. The zero-order valence-corrected chi connectivity index (χ0v) is 23.6. The highest BCUT2D eigenvalue weighted by Crippen LogP contribution is 2.35. The van der Waals surface area contributed by atoms with Gasteiger partial charge in [-0.1, -0.05) is 48.5 Å². The third-order valence-electron chi connectivity index (χ3n) is 6.99. The lowest BCUT2D eigenvalue weighted by molar-refractivity contribution is 0.0685. The highest BCUT2D eigenvalue weighted by atomic mass is 16.4. The van der Waals surface area contributed by atoms with Gasteiger partial charge in [-0.3, -0.25) is 33.6 Å². The summed E-state index contributed by atoms with van der Waals surface area (Å²) in [5.74, 6) is -6.82. The molecule has 0 saturated heterocycles. The number of furan rings is 2. The number of ketones is 6. The second-order valence-electron chi connectivity index (χ2n) is 10.0. The van der Waals surface area contributed by atoms with Gasteiger partial charge in [0.25, 0.3) is 5.91 Å². The fraction of sp³-hybridized carbons (Fsp3) is 0.125. The van der Waals surface area contributed by atoms with Gasteiger partial charge >= 0.3 is 5.97 Å². The molecule has 0 radical (unpaired) electrons. The summed E-state index contributed by atoms with van der Waals surface area (Å²) in [4.78, 5) is 98.3. The molecule has 2 aliphatic carbocycles. The van der Waals surface area contributed by atoms with Crippen molar-refractivity contribution < 1.29 is 52.3 Å². The van der Waals surface area contributed by atoms with Crippen LogP contribution >= 0.6 is 0 Å². The van der Waals surface area contributed by atoms with Gasteiger partial charge in [0.1, 0.15) is 11.1 Å². The normalized spacial score (nSPS) is 12.7. The molecular weight excluding hydrogens is 574 g/mol. The number of carboxylic acid groups (broad SMARTS) is 1. The van der Waals surface area contributed by atoms with Gasteiger partial charge in [-0.25, -0.2) is 4.79 Å². The third-order valence-corrected chi connectivity index (χ3v) is 6.99. The molecule has 1 N–H and O–H groups in total. The van der Waals surface area contributed by atoms with Crippen LogP contribution in [-0.4, -0.2) is 70.7 Å². The maximum Gasteiger partial charge on any atom is 0.340 e. The van der Waals surface area contributed by atoms with Crippen molar-refractivity contribution in [1.82, 2.24) is 4.90 Å². The first-order chi connectivity index (χ1) is 20.8. The van der Waals surface area contributed by atoms with Crippen molar-refractivity contribution in [2.45, 2.75) is 13.8 Å². The topological polar surface area (TPSA) is 186 Å². The summed E-state index contributed by atoms with van der Waals surface area (Å²) in [7, 11) is 2.99. The van der Waals surface area contributed by atoms with Gasteiger partial charge in [0.2, 0.25) is 11.6 Å². The number of carbonyl (C=O) groups excluding carboxylic acids is 7. The number of nitrogens with zero attached hydrogens (tertiary/aromatic N) is 1. The zero-order chi connectivity index (χ0) is 32.2. The molecule has 0 fully saturated rings. The van der Waals surface area contributed by atoms with Crippen LogP contribution in [0, 0.1) is 0 Å². The Bertz CT molecular complexity index is 2020.